The van der Waals surface area contributed by atoms with Crippen molar-refractivity contribution in [1.29, 1.82) is 0 Å². The number of rotatable bonds is 7. The van der Waals surface area contributed by atoms with E-state index in [1.54, 1.807) is 31.2 Å². The highest BCUT2D eigenvalue weighted by molar-refractivity contribution is 7.17. The average molecular weight is 537 g/mol. The van der Waals surface area contributed by atoms with Crippen molar-refractivity contribution in [2.75, 3.05) is 18.6 Å². The normalized spacial score (nSPS) is 14.8. The van der Waals surface area contributed by atoms with Gasteiger partial charge in [0.15, 0.2) is 10.6 Å². The van der Waals surface area contributed by atoms with E-state index in [0.717, 1.165) is 29.9 Å². The Morgan fingerprint density at radius 3 is 2.74 bits per heavy atom. The number of halogens is 1. The number of amides is 1. The summed E-state index contributed by atoms with van der Waals surface area (Å²) in [6.45, 7) is 6.34. The van der Waals surface area contributed by atoms with Crippen molar-refractivity contribution in [3.63, 3.8) is 0 Å². The third-order valence-electron chi connectivity index (χ3n) is 6.33. The van der Waals surface area contributed by atoms with E-state index in [9.17, 15) is 18.8 Å². The van der Waals surface area contributed by atoms with E-state index < -0.39 is 29.2 Å². The summed E-state index contributed by atoms with van der Waals surface area (Å²) in [4.78, 5) is 45.8. The Balaban J connectivity index is 1.69. The lowest BCUT2D eigenvalue weighted by Gasteiger charge is -2.23. The van der Waals surface area contributed by atoms with Gasteiger partial charge in [-0.05, 0) is 55.2 Å². The van der Waals surface area contributed by atoms with Crippen LogP contribution in [0, 0.1) is 18.7 Å². The van der Waals surface area contributed by atoms with Crippen molar-refractivity contribution in [1.82, 2.24) is 4.98 Å². The molecule has 2 aromatic carbocycles. The number of aromatic nitrogens is 1. The van der Waals surface area contributed by atoms with Crippen LogP contribution in [-0.4, -0.2) is 30.6 Å². The summed E-state index contributed by atoms with van der Waals surface area (Å²) in [5.41, 5.74) is 0.612. The molecule has 10 heteroatoms. The largest absolute Gasteiger partial charge is 0.494 e. The van der Waals surface area contributed by atoms with Gasteiger partial charge in [-0.1, -0.05) is 37.3 Å². The molecule has 196 valence electrons. The maximum Gasteiger partial charge on any atom is 0.350 e. The summed E-state index contributed by atoms with van der Waals surface area (Å²) in [5.74, 6) is -0.888. The van der Waals surface area contributed by atoms with Gasteiger partial charge in [0.25, 0.3) is 5.91 Å². The van der Waals surface area contributed by atoms with Gasteiger partial charge in [0.2, 0.25) is 5.76 Å². The van der Waals surface area contributed by atoms with Gasteiger partial charge in [-0.15, -0.1) is 0 Å². The molecular weight excluding hydrogens is 511 g/mol. The zero-order valence-corrected chi connectivity index (χ0v) is 22.1. The highest BCUT2D eigenvalue weighted by Gasteiger charge is 2.45. The van der Waals surface area contributed by atoms with Gasteiger partial charge in [-0.2, -0.15) is 0 Å². The van der Waals surface area contributed by atoms with Crippen LogP contribution in [0.3, 0.4) is 0 Å². The first-order chi connectivity index (χ1) is 18.2. The number of fused-ring (bicyclic) bond motifs is 2. The predicted molar refractivity (Wildman–Crippen MR) is 141 cm³/mol. The number of benzene rings is 2. The van der Waals surface area contributed by atoms with Gasteiger partial charge < -0.3 is 13.9 Å². The Kier molecular flexibility index (Phi) is 6.75. The van der Waals surface area contributed by atoms with Crippen molar-refractivity contribution in [3.8, 4) is 5.75 Å². The molecule has 3 heterocycles. The second-order valence-electron chi connectivity index (χ2n) is 9.40. The van der Waals surface area contributed by atoms with Crippen LogP contribution in [0.4, 0.5) is 9.52 Å². The number of carbonyl (C=O) groups excluding carboxylic acids is 2. The Morgan fingerprint density at radius 2 is 2.00 bits per heavy atom. The number of methoxy groups -OCH3 is 1. The minimum absolute atomic E-state index is 0.0262. The van der Waals surface area contributed by atoms with E-state index in [1.165, 1.54) is 18.1 Å². The number of anilines is 1. The smallest absolute Gasteiger partial charge is 0.350 e. The average Bonchev–Trinajstić information content (AvgIpc) is 3.41. The van der Waals surface area contributed by atoms with Crippen LogP contribution in [0.15, 0.2) is 51.7 Å². The molecule has 5 rings (SSSR count). The molecule has 0 radical (unpaired) electrons. The van der Waals surface area contributed by atoms with Crippen molar-refractivity contribution >= 4 is 39.3 Å². The SMILES string of the molecule is COC(=O)c1sc(N2C(=O)c3oc4ccc(F)cc4c(=O)c3C2c2cccc(OCCC(C)C)c2)nc1C. The number of esters is 1. The van der Waals surface area contributed by atoms with Gasteiger partial charge in [0.1, 0.15) is 22.0 Å². The summed E-state index contributed by atoms with van der Waals surface area (Å²) >= 11 is 0.981. The van der Waals surface area contributed by atoms with E-state index >= 15 is 0 Å². The molecule has 0 N–H and O–H groups in total. The molecule has 0 saturated heterocycles. The van der Waals surface area contributed by atoms with Crippen LogP contribution in [0.25, 0.3) is 11.0 Å². The monoisotopic (exact) mass is 536 g/mol. The molecule has 8 nitrogen and oxygen atoms in total. The lowest BCUT2D eigenvalue weighted by molar-refractivity contribution is 0.0605. The molecule has 1 amide bonds. The number of hydrogen-bond donors (Lipinski definition) is 0. The molecule has 1 unspecified atom stereocenters. The first kappa shape index (κ1) is 25.6. The Hall–Kier alpha value is -4.05. The fraction of sp³-hybridized carbons (Fsp3) is 0.286. The Morgan fingerprint density at radius 1 is 1.21 bits per heavy atom. The zero-order valence-electron chi connectivity index (χ0n) is 21.2. The van der Waals surface area contributed by atoms with Gasteiger partial charge in [-0.25, -0.2) is 14.2 Å². The molecule has 1 atom stereocenters. The first-order valence-electron chi connectivity index (χ1n) is 12.1. The van der Waals surface area contributed by atoms with Crippen molar-refractivity contribution in [2.24, 2.45) is 5.92 Å². The van der Waals surface area contributed by atoms with Crippen LogP contribution in [0.5, 0.6) is 5.75 Å². The van der Waals surface area contributed by atoms with Crippen LogP contribution in [0.2, 0.25) is 0 Å². The van der Waals surface area contributed by atoms with Gasteiger partial charge in [0.05, 0.1) is 36.4 Å². The molecule has 0 saturated carbocycles. The maximum atomic E-state index is 14.1. The first-order valence-corrected chi connectivity index (χ1v) is 12.9. The third kappa shape index (κ3) is 4.45. The van der Waals surface area contributed by atoms with Crippen LogP contribution in [0.1, 0.15) is 63.4 Å². The fourth-order valence-corrected chi connectivity index (χ4v) is 5.42. The molecule has 2 aromatic heterocycles. The lowest BCUT2D eigenvalue weighted by atomic mass is 9.98. The quantitative estimate of drug-likeness (QED) is 0.281. The van der Waals surface area contributed by atoms with Crippen LogP contribution in [-0.2, 0) is 4.74 Å². The summed E-state index contributed by atoms with van der Waals surface area (Å²) in [6.07, 6.45) is 0.858. The van der Waals surface area contributed by atoms with E-state index in [-0.39, 0.29) is 32.3 Å². The van der Waals surface area contributed by atoms with Crippen molar-refractivity contribution in [3.05, 3.63) is 86.0 Å². The molecule has 0 fully saturated rings. The molecular formula is C28H25FN2O6S. The number of thiazole rings is 1. The Labute approximate surface area is 221 Å². The van der Waals surface area contributed by atoms with E-state index in [1.807, 2.05) is 0 Å². The van der Waals surface area contributed by atoms with E-state index in [2.05, 4.69) is 18.8 Å². The van der Waals surface area contributed by atoms with Crippen LogP contribution < -0.4 is 15.1 Å². The second kappa shape index (κ2) is 10.0. The van der Waals surface area contributed by atoms with Gasteiger partial charge in [0, 0.05) is 0 Å². The summed E-state index contributed by atoms with van der Waals surface area (Å²) in [6, 6.07) is 9.75. The zero-order chi connectivity index (χ0) is 27.1. The fourth-order valence-electron chi connectivity index (χ4n) is 4.41. The van der Waals surface area contributed by atoms with Crippen molar-refractivity contribution < 1.29 is 27.9 Å². The summed E-state index contributed by atoms with van der Waals surface area (Å²) in [7, 11) is 1.26. The highest BCUT2D eigenvalue weighted by atomic mass is 32.1. The topological polar surface area (TPSA) is 98.9 Å². The number of carbonyl (C=O) groups is 2. The summed E-state index contributed by atoms with van der Waals surface area (Å²) in [5, 5.41) is 0.225. The highest BCUT2D eigenvalue weighted by Crippen LogP contribution is 2.43. The van der Waals surface area contributed by atoms with Gasteiger partial charge in [-0.3, -0.25) is 14.5 Å². The number of ether oxygens (including phenoxy) is 2. The van der Waals surface area contributed by atoms with Crippen molar-refractivity contribution in [2.45, 2.75) is 33.2 Å². The minimum Gasteiger partial charge on any atom is -0.494 e. The molecule has 1 aliphatic heterocycles. The molecule has 38 heavy (non-hydrogen) atoms. The summed E-state index contributed by atoms with van der Waals surface area (Å²) < 4.78 is 30.7. The minimum atomic E-state index is -0.939. The molecule has 0 spiro atoms. The number of hydrogen-bond acceptors (Lipinski definition) is 8. The number of aryl methyl sites for hydroxylation is 1. The molecule has 1 aliphatic rings. The van der Waals surface area contributed by atoms with Crippen LogP contribution >= 0.6 is 11.3 Å². The Bertz CT molecular complexity index is 1630. The van der Waals surface area contributed by atoms with E-state index in [4.69, 9.17) is 13.9 Å². The maximum absolute atomic E-state index is 14.1. The lowest BCUT2D eigenvalue weighted by Crippen LogP contribution is -2.29. The number of nitrogens with zero attached hydrogens (tertiary/aromatic N) is 2. The van der Waals surface area contributed by atoms with E-state index in [0.29, 0.717) is 29.5 Å². The third-order valence-corrected chi connectivity index (χ3v) is 7.47. The second-order valence-corrected chi connectivity index (χ2v) is 10.4. The standard InChI is InChI=1S/C28H25FN2O6S/c1-14(2)10-11-36-18-7-5-6-16(12-18)22-21-23(32)19-13-17(29)8-9-20(19)37-24(21)26(33)31(22)28-30-15(3)25(38-28)27(34)35-4/h5-9,12-14,22H,10-11H2,1-4H3. The molecule has 0 bridgehead atoms. The molecule has 0 aliphatic carbocycles. The predicted octanol–water partition coefficient (Wildman–Crippen LogP) is 5.66. The molecule has 4 aromatic rings. The van der Waals surface area contributed by atoms with Gasteiger partial charge >= 0.3 is 5.97 Å².